The molecule has 5 aromatic rings. The summed E-state index contributed by atoms with van der Waals surface area (Å²) in [4.78, 5) is 18.6. The summed E-state index contributed by atoms with van der Waals surface area (Å²) in [6.45, 7) is -1.09. The lowest BCUT2D eigenvalue weighted by atomic mass is 9.93. The average molecular weight is 836 g/mol. The number of benzene rings is 2. The number of sulfonamides is 1. The molecular formula is C37H29ClF7N7O4S. The third kappa shape index (κ3) is 7.30. The molecule has 3 N–H and O–H groups in total. The number of nitrogens with zero attached hydrogens (tertiary/aromatic N) is 5. The highest BCUT2D eigenvalue weighted by Crippen LogP contribution is 2.68. The predicted molar refractivity (Wildman–Crippen MR) is 191 cm³/mol. The summed E-state index contributed by atoms with van der Waals surface area (Å²) in [5.74, 6) is -3.72. The van der Waals surface area contributed by atoms with Crippen LogP contribution in [0.2, 0.25) is 5.02 Å². The molecule has 0 bridgehead atoms. The number of hydrogen-bond acceptors (Lipinski definition) is 7. The second kappa shape index (κ2) is 13.2. The van der Waals surface area contributed by atoms with Gasteiger partial charge in [0.1, 0.15) is 35.2 Å². The van der Waals surface area contributed by atoms with Crippen molar-refractivity contribution >= 4 is 44.3 Å². The van der Waals surface area contributed by atoms with E-state index in [1.165, 1.54) is 29.9 Å². The van der Waals surface area contributed by atoms with Crippen molar-refractivity contribution in [1.29, 1.82) is 0 Å². The zero-order valence-corrected chi connectivity index (χ0v) is 31.2. The van der Waals surface area contributed by atoms with E-state index in [2.05, 4.69) is 37.1 Å². The Labute approximate surface area is 324 Å². The monoisotopic (exact) mass is 835 g/mol. The third-order valence-corrected chi connectivity index (χ3v) is 11.0. The molecule has 0 unspecified atom stereocenters. The van der Waals surface area contributed by atoms with E-state index in [0.29, 0.717) is 29.2 Å². The van der Waals surface area contributed by atoms with Gasteiger partial charge in [-0.2, -0.15) is 32.1 Å². The Bertz CT molecular complexity index is 2680. The van der Waals surface area contributed by atoms with Crippen LogP contribution in [0.3, 0.4) is 0 Å². The van der Waals surface area contributed by atoms with Gasteiger partial charge in [-0.25, -0.2) is 22.2 Å². The van der Waals surface area contributed by atoms with Crippen LogP contribution in [0, 0.1) is 29.4 Å². The number of halogens is 8. The van der Waals surface area contributed by atoms with Crippen LogP contribution in [-0.4, -0.2) is 55.8 Å². The highest BCUT2D eigenvalue weighted by atomic mass is 35.5. The van der Waals surface area contributed by atoms with Crippen LogP contribution in [0.5, 0.6) is 0 Å². The number of aliphatic hydroxyl groups is 1. The number of alkyl halides is 5. The van der Waals surface area contributed by atoms with Gasteiger partial charge in [-0.05, 0) is 73.4 Å². The minimum atomic E-state index is -5.08. The first-order chi connectivity index (χ1) is 26.6. The normalized spacial score (nSPS) is 19.4. The quantitative estimate of drug-likeness (QED) is 0.116. The molecule has 0 spiro atoms. The molecule has 0 aliphatic heterocycles. The van der Waals surface area contributed by atoms with Gasteiger partial charge in [0, 0.05) is 35.7 Å². The van der Waals surface area contributed by atoms with Crippen molar-refractivity contribution in [2.24, 2.45) is 13.0 Å². The lowest BCUT2D eigenvalue weighted by molar-refractivity contribution is -0.142. The summed E-state index contributed by atoms with van der Waals surface area (Å²) >= 11 is 6.56. The Morgan fingerprint density at radius 2 is 1.77 bits per heavy atom. The minimum absolute atomic E-state index is 0.00159. The van der Waals surface area contributed by atoms with E-state index >= 15 is 8.78 Å². The predicted octanol–water partition coefficient (Wildman–Crippen LogP) is 6.34. The Morgan fingerprint density at radius 1 is 1.09 bits per heavy atom. The van der Waals surface area contributed by atoms with E-state index in [1.54, 1.807) is 6.07 Å². The molecule has 3 heterocycles. The number of pyridine rings is 1. The molecule has 3 aromatic heterocycles. The number of aryl methyl sites for hydroxylation is 1. The van der Waals surface area contributed by atoms with E-state index in [-0.39, 0.29) is 50.7 Å². The van der Waals surface area contributed by atoms with E-state index in [1.807, 2.05) is 0 Å². The molecule has 20 heteroatoms. The fraction of sp³-hybridized carbons (Fsp3) is 0.351. The Hall–Kier alpha value is -5.19. The van der Waals surface area contributed by atoms with E-state index in [0.717, 1.165) is 18.4 Å². The molecule has 3 atom stereocenters. The van der Waals surface area contributed by atoms with Crippen molar-refractivity contribution in [3.05, 3.63) is 93.0 Å². The molecule has 2 fully saturated rings. The zero-order valence-electron chi connectivity index (χ0n) is 29.6. The summed E-state index contributed by atoms with van der Waals surface area (Å²) in [7, 11) is -2.34. The van der Waals surface area contributed by atoms with Gasteiger partial charge in [-0.15, -0.1) is 0 Å². The first-order valence-corrected chi connectivity index (χ1v) is 19.6. The number of amides is 1. The number of anilines is 1. The highest BCUT2D eigenvalue weighted by molar-refractivity contribution is 7.92. The van der Waals surface area contributed by atoms with E-state index < -0.39 is 93.1 Å². The molecule has 0 radical (unpaired) electrons. The van der Waals surface area contributed by atoms with Gasteiger partial charge in [-0.1, -0.05) is 23.6 Å². The van der Waals surface area contributed by atoms with Crippen LogP contribution >= 0.6 is 11.6 Å². The number of nitrogens with one attached hydrogen (secondary N) is 2. The maximum Gasteiger partial charge on any atom is 0.435 e. The standard InChI is InChI=1S/C37H29ClF7N7O4S/c1-51-31-22(5-6-25(38)29(31)34(49-51)50-57(2,55)56)21-4-3-20(7-8-35(54)9-10-35)46-30(21)26(13-17-11-18(39)14-19(40)12-17)47-27(53)16-52-33-28(32(48-52)37(43,44)45)23-15-24(23)36(33,41)42/h3-6,11-12,14,23-24,26,54H,9-10,13,15-16H2,1-2H3,(H,47,53)(H,49,50)/t23-,24+,26-/m0/s1. The van der Waals surface area contributed by atoms with Crippen molar-refractivity contribution in [2.75, 3.05) is 11.0 Å². The Balaban J connectivity index is 1.27. The Kier molecular flexibility index (Phi) is 8.94. The molecule has 8 rings (SSSR count). The van der Waals surface area contributed by atoms with Gasteiger partial charge >= 0.3 is 6.18 Å². The summed E-state index contributed by atoms with van der Waals surface area (Å²) < 4.78 is 130. The molecule has 3 aliphatic carbocycles. The molecule has 0 saturated heterocycles. The summed E-state index contributed by atoms with van der Waals surface area (Å²) in [6, 6.07) is 7.24. The molecule has 2 aromatic carbocycles. The van der Waals surface area contributed by atoms with Crippen LogP contribution < -0.4 is 10.0 Å². The van der Waals surface area contributed by atoms with Gasteiger partial charge in [-0.3, -0.25) is 18.9 Å². The summed E-state index contributed by atoms with van der Waals surface area (Å²) in [6.07, 6.45) is -3.89. The third-order valence-electron chi connectivity index (χ3n) is 10.1. The molecule has 2 saturated carbocycles. The van der Waals surface area contributed by atoms with Crippen molar-refractivity contribution in [3.63, 3.8) is 0 Å². The molecule has 298 valence electrons. The largest absolute Gasteiger partial charge is 0.435 e. The number of fused-ring (bicyclic) bond motifs is 4. The average Bonchev–Trinajstić information content (AvgIpc) is 3.96. The molecule has 1 amide bonds. The van der Waals surface area contributed by atoms with Gasteiger partial charge in [0.15, 0.2) is 11.5 Å². The zero-order chi connectivity index (χ0) is 41.0. The van der Waals surface area contributed by atoms with Crippen LogP contribution in [-0.2, 0) is 46.9 Å². The van der Waals surface area contributed by atoms with Gasteiger partial charge < -0.3 is 10.4 Å². The maximum absolute atomic E-state index is 15.4. The summed E-state index contributed by atoms with van der Waals surface area (Å²) in [5, 5.41) is 21.0. The van der Waals surface area contributed by atoms with Crippen molar-refractivity contribution in [3.8, 4) is 23.0 Å². The lowest BCUT2D eigenvalue weighted by Crippen LogP contribution is -2.35. The second-order valence-electron chi connectivity index (χ2n) is 14.5. The van der Waals surface area contributed by atoms with Gasteiger partial charge in [0.2, 0.25) is 15.9 Å². The number of rotatable bonds is 9. The van der Waals surface area contributed by atoms with E-state index in [9.17, 15) is 40.3 Å². The van der Waals surface area contributed by atoms with E-state index in [4.69, 9.17) is 11.6 Å². The van der Waals surface area contributed by atoms with Crippen LogP contribution in [0.15, 0.2) is 42.5 Å². The number of aromatic nitrogens is 5. The van der Waals surface area contributed by atoms with Crippen molar-refractivity contribution < 1.29 is 49.1 Å². The van der Waals surface area contributed by atoms with Gasteiger partial charge in [0.05, 0.1) is 33.9 Å². The Morgan fingerprint density at radius 3 is 2.42 bits per heavy atom. The van der Waals surface area contributed by atoms with Crippen LogP contribution in [0.25, 0.3) is 22.0 Å². The maximum atomic E-state index is 15.4. The van der Waals surface area contributed by atoms with Crippen LogP contribution in [0.1, 0.15) is 65.1 Å². The van der Waals surface area contributed by atoms with Crippen LogP contribution in [0.4, 0.5) is 36.6 Å². The molecule has 57 heavy (non-hydrogen) atoms. The molecular weight excluding hydrogens is 807 g/mol. The first kappa shape index (κ1) is 38.7. The first-order valence-electron chi connectivity index (χ1n) is 17.3. The fourth-order valence-corrected chi connectivity index (χ4v) is 8.19. The summed E-state index contributed by atoms with van der Waals surface area (Å²) in [5.41, 5.74) is -3.49. The molecule has 11 nitrogen and oxygen atoms in total. The smallest absolute Gasteiger partial charge is 0.378 e. The number of carbonyl (C=O) groups is 1. The minimum Gasteiger partial charge on any atom is -0.378 e. The number of hydrogen-bond donors (Lipinski definition) is 3. The van der Waals surface area contributed by atoms with Crippen molar-refractivity contribution in [1.82, 2.24) is 29.9 Å². The molecule has 3 aliphatic rings. The van der Waals surface area contributed by atoms with Gasteiger partial charge in [0.25, 0.3) is 5.92 Å². The van der Waals surface area contributed by atoms with Crippen molar-refractivity contribution in [2.45, 2.75) is 61.9 Å². The highest BCUT2D eigenvalue weighted by Gasteiger charge is 2.68. The second-order valence-corrected chi connectivity index (χ2v) is 16.7. The fourth-order valence-electron chi connectivity index (χ4n) is 7.45. The topological polar surface area (TPSA) is 144 Å². The lowest BCUT2D eigenvalue weighted by Gasteiger charge is -2.23. The SMILES string of the molecule is Cn1nc(NS(C)(=O)=O)c2c(Cl)ccc(-c3ccc(C#CC4(O)CC4)nc3[C@H](Cc3cc(F)cc(F)c3)NC(=O)Cn3nc(C(F)(F)F)c4c3C(F)(F)[C@@H]3C[C@H]43)c21. The number of carbonyl (C=O) groups excluding carboxylic acids is 1.